The molecule has 2 unspecified atom stereocenters. The van der Waals surface area contributed by atoms with Crippen LogP contribution in [-0.4, -0.2) is 35.6 Å². The lowest BCUT2D eigenvalue weighted by Gasteiger charge is -2.19. The number of H-pyrrole nitrogens is 1. The number of halogens is 1. The van der Waals surface area contributed by atoms with Gasteiger partial charge in [-0.1, -0.05) is 54.9 Å². The molecule has 2 atom stereocenters. The van der Waals surface area contributed by atoms with E-state index < -0.39 is 16.1 Å². The van der Waals surface area contributed by atoms with Crippen LogP contribution < -0.4 is 10.3 Å². The maximum atomic E-state index is 12.9. The molecule has 4 aromatic rings. The number of rotatable bonds is 8. The Kier molecular flexibility index (Phi) is 6.54. The predicted molar refractivity (Wildman–Crippen MR) is 140 cm³/mol. The van der Waals surface area contributed by atoms with Gasteiger partial charge in [-0.15, -0.1) is 11.3 Å². The van der Waals surface area contributed by atoms with Gasteiger partial charge in [-0.05, 0) is 42.0 Å². The molecule has 35 heavy (non-hydrogen) atoms. The largest absolute Gasteiger partial charge is 0.396 e. The second-order valence-electron chi connectivity index (χ2n) is 8.81. The van der Waals surface area contributed by atoms with E-state index in [0.717, 1.165) is 20.5 Å². The van der Waals surface area contributed by atoms with Crippen molar-refractivity contribution in [2.75, 3.05) is 6.61 Å². The molecule has 2 heterocycles. The summed E-state index contributed by atoms with van der Waals surface area (Å²) in [6, 6.07) is 16.0. The van der Waals surface area contributed by atoms with Crippen molar-refractivity contribution in [1.82, 2.24) is 14.9 Å². The van der Waals surface area contributed by atoms with Crippen LogP contribution in [0.3, 0.4) is 0 Å². The molecule has 7 nitrogen and oxygen atoms in total. The number of thiophene rings is 1. The van der Waals surface area contributed by atoms with E-state index >= 15 is 0 Å². The molecule has 5 rings (SSSR count). The average molecular weight is 530 g/mol. The van der Waals surface area contributed by atoms with Crippen molar-refractivity contribution in [3.8, 4) is 11.3 Å². The second kappa shape index (κ2) is 9.48. The smallest absolute Gasteiger partial charge is 0.267 e. The molecule has 0 aliphatic heterocycles. The molecule has 1 saturated carbocycles. The highest BCUT2D eigenvalue weighted by molar-refractivity contribution is 7.90. The van der Waals surface area contributed by atoms with Gasteiger partial charge in [0.1, 0.15) is 0 Å². The first-order valence-electron chi connectivity index (χ1n) is 11.3. The Morgan fingerprint density at radius 3 is 2.66 bits per heavy atom. The van der Waals surface area contributed by atoms with Gasteiger partial charge in [-0.25, -0.2) is 18.2 Å². The van der Waals surface area contributed by atoms with E-state index in [4.69, 9.17) is 11.6 Å². The van der Waals surface area contributed by atoms with Crippen molar-refractivity contribution < 1.29 is 13.5 Å². The number of aromatic nitrogens is 2. The van der Waals surface area contributed by atoms with Crippen molar-refractivity contribution in [3.05, 3.63) is 86.0 Å². The number of nitrogens with one attached hydrogen (secondary N) is 2. The number of hydrogen-bond donors (Lipinski definition) is 3. The van der Waals surface area contributed by atoms with Crippen LogP contribution in [0.15, 0.2) is 59.4 Å². The summed E-state index contributed by atoms with van der Waals surface area (Å²) in [5, 5.41) is 17.4. The molecule has 1 aliphatic rings. The molecule has 1 aliphatic carbocycles. The minimum Gasteiger partial charge on any atom is -0.396 e. The topological polar surface area (TPSA) is 112 Å². The highest BCUT2D eigenvalue weighted by Crippen LogP contribution is 2.41. The van der Waals surface area contributed by atoms with Crippen molar-refractivity contribution in [2.24, 2.45) is 0 Å². The maximum absolute atomic E-state index is 12.9. The fourth-order valence-corrected chi connectivity index (χ4v) is 7.18. The Bertz CT molecular complexity index is 1560. The van der Waals surface area contributed by atoms with Crippen LogP contribution in [0.25, 0.3) is 21.3 Å². The van der Waals surface area contributed by atoms with Gasteiger partial charge in [0, 0.05) is 38.3 Å². The number of fused-ring (bicyclic) bond motifs is 1. The van der Waals surface area contributed by atoms with Gasteiger partial charge in [0.2, 0.25) is 10.0 Å². The molecular weight excluding hydrogens is 506 g/mol. The Morgan fingerprint density at radius 2 is 1.94 bits per heavy atom. The van der Waals surface area contributed by atoms with Gasteiger partial charge in [0.05, 0.1) is 17.0 Å². The van der Waals surface area contributed by atoms with Crippen molar-refractivity contribution >= 4 is 43.0 Å². The summed E-state index contributed by atoms with van der Waals surface area (Å²) < 4.78 is 29.6. The van der Waals surface area contributed by atoms with Crippen LogP contribution in [0, 0.1) is 0 Å². The Labute approximate surface area is 211 Å². The van der Waals surface area contributed by atoms with Gasteiger partial charge in [0.15, 0.2) is 0 Å². The zero-order chi connectivity index (χ0) is 24.7. The first kappa shape index (κ1) is 24.1. The number of aromatic amines is 1. The molecule has 1 fully saturated rings. The monoisotopic (exact) mass is 529 g/mol. The highest BCUT2D eigenvalue weighted by atomic mass is 35.5. The third kappa shape index (κ3) is 4.79. The first-order valence-corrected chi connectivity index (χ1v) is 14.0. The lowest BCUT2D eigenvalue weighted by atomic mass is 10.0. The summed E-state index contributed by atoms with van der Waals surface area (Å²) in [5.74, 6) is -0.333. The molecule has 2 aromatic heterocycles. The third-order valence-corrected chi connectivity index (χ3v) is 9.73. The lowest BCUT2D eigenvalue weighted by Crippen LogP contribution is -2.31. The summed E-state index contributed by atoms with van der Waals surface area (Å²) in [6.07, 6.45) is 1.32. The zero-order valence-electron chi connectivity index (χ0n) is 18.9. The molecule has 182 valence electrons. The molecular formula is C25H24ClN3O4S2. The summed E-state index contributed by atoms with van der Waals surface area (Å²) >= 11 is 7.96. The predicted octanol–water partition coefficient (Wildman–Crippen LogP) is 4.57. The molecule has 0 saturated heterocycles. The van der Waals surface area contributed by atoms with E-state index in [1.807, 2.05) is 42.5 Å². The number of nitrogens with zero attached hydrogens (tertiary/aromatic N) is 1. The van der Waals surface area contributed by atoms with Crippen LogP contribution in [0.4, 0.5) is 0 Å². The second-order valence-corrected chi connectivity index (χ2v) is 12.3. The average Bonchev–Trinajstić information content (AvgIpc) is 3.63. The third-order valence-electron chi connectivity index (χ3n) is 6.22. The lowest BCUT2D eigenvalue weighted by molar-refractivity contribution is 0.272. The van der Waals surface area contributed by atoms with E-state index in [2.05, 4.69) is 14.9 Å². The van der Waals surface area contributed by atoms with Gasteiger partial charge in [-0.3, -0.25) is 4.79 Å². The van der Waals surface area contributed by atoms with E-state index in [9.17, 15) is 18.3 Å². The van der Waals surface area contributed by atoms with Crippen LogP contribution >= 0.6 is 22.9 Å². The standard InChI is InChI=1S/C25H24ClN3O4S2/c1-14(13-30)19-12-21(27-28-25(19)31)18-7-4-5-15-11-22(34-24(15)18)23(17-6-2-3-8-20(17)26)29-35(32,33)16-9-10-16/h2-8,11-12,14,16,23,29-30H,9-10,13H2,1H3,(H,28,31). The van der Waals surface area contributed by atoms with Gasteiger partial charge in [-0.2, -0.15) is 5.10 Å². The Morgan fingerprint density at radius 1 is 1.17 bits per heavy atom. The number of aliphatic hydroxyl groups is 1. The van der Waals surface area contributed by atoms with Crippen LogP contribution in [0.1, 0.15) is 47.7 Å². The van der Waals surface area contributed by atoms with Crippen LogP contribution in [-0.2, 0) is 10.0 Å². The van der Waals surface area contributed by atoms with E-state index in [0.29, 0.717) is 34.7 Å². The maximum Gasteiger partial charge on any atom is 0.267 e. The van der Waals surface area contributed by atoms with Crippen molar-refractivity contribution in [1.29, 1.82) is 0 Å². The van der Waals surface area contributed by atoms with Crippen molar-refractivity contribution in [2.45, 2.75) is 37.0 Å². The summed E-state index contributed by atoms with van der Waals surface area (Å²) in [6.45, 7) is 1.62. The van der Waals surface area contributed by atoms with Crippen LogP contribution in [0.2, 0.25) is 5.02 Å². The fraction of sp³-hybridized carbons (Fsp3) is 0.280. The van der Waals surface area contributed by atoms with E-state index in [1.54, 1.807) is 19.1 Å². The zero-order valence-corrected chi connectivity index (χ0v) is 21.3. The van der Waals surface area contributed by atoms with Gasteiger partial charge < -0.3 is 5.11 Å². The molecule has 2 aromatic carbocycles. The summed E-state index contributed by atoms with van der Waals surface area (Å²) in [4.78, 5) is 13.0. The minimum absolute atomic E-state index is 0.152. The van der Waals surface area contributed by atoms with E-state index in [-0.39, 0.29) is 23.3 Å². The molecule has 3 N–H and O–H groups in total. The molecule has 10 heteroatoms. The molecule has 0 amide bonds. The molecule has 0 radical (unpaired) electrons. The summed E-state index contributed by atoms with van der Waals surface area (Å²) in [5.41, 5.74) is 2.20. The molecule has 0 spiro atoms. The SMILES string of the molecule is CC(CO)c1cc(-c2cccc3cc(C(NS(=O)(=O)C4CC4)c4ccccc4Cl)sc23)n[nH]c1=O. The van der Waals surface area contributed by atoms with Crippen molar-refractivity contribution in [3.63, 3.8) is 0 Å². The Hall–Kier alpha value is -2.56. The fourth-order valence-electron chi connectivity index (χ4n) is 4.07. The number of aliphatic hydroxyl groups excluding tert-OH is 1. The quantitative estimate of drug-likeness (QED) is 0.309. The number of benzene rings is 2. The van der Waals surface area contributed by atoms with E-state index in [1.165, 1.54) is 11.3 Å². The van der Waals surface area contributed by atoms with Gasteiger partial charge >= 0.3 is 0 Å². The Balaban J connectivity index is 1.64. The van der Waals surface area contributed by atoms with Gasteiger partial charge in [0.25, 0.3) is 5.56 Å². The van der Waals surface area contributed by atoms with Crippen LogP contribution in [0.5, 0.6) is 0 Å². The molecule has 0 bridgehead atoms. The summed E-state index contributed by atoms with van der Waals surface area (Å²) in [7, 11) is -3.50. The number of sulfonamides is 1. The highest BCUT2D eigenvalue weighted by Gasteiger charge is 2.38. The minimum atomic E-state index is -3.50. The normalized spacial score (nSPS) is 15.9. The first-order chi connectivity index (χ1) is 16.8. The number of hydrogen-bond acceptors (Lipinski definition) is 6.